The highest BCUT2D eigenvalue weighted by Gasteiger charge is 2.15. The number of carbonyl (C=O) groups is 1. The van der Waals surface area contributed by atoms with E-state index in [-0.39, 0.29) is 25.0 Å². The van der Waals surface area contributed by atoms with Crippen LogP contribution in [-0.4, -0.2) is 11.1 Å². The van der Waals surface area contributed by atoms with Gasteiger partial charge in [-0.2, -0.15) is 11.3 Å². The standard InChI is InChI=1S/C22H20F2O3S/c1-2-14-3-6-16(7-4-14)18-13-28-12-17(18)11-27-22-19(23)9-15(10-20(22)24)5-8-21(25)26/h3-4,6-7,9-10,12-13H,2,5,8,11H2,1H3,(H,25,26). The summed E-state index contributed by atoms with van der Waals surface area (Å²) in [4.78, 5) is 10.6. The van der Waals surface area contributed by atoms with Gasteiger partial charge >= 0.3 is 5.97 Å². The van der Waals surface area contributed by atoms with E-state index in [1.54, 1.807) is 0 Å². The van der Waals surface area contributed by atoms with Crippen molar-refractivity contribution in [2.24, 2.45) is 0 Å². The van der Waals surface area contributed by atoms with Crippen molar-refractivity contribution in [3.05, 3.63) is 75.5 Å². The summed E-state index contributed by atoms with van der Waals surface area (Å²) in [6.45, 7) is 2.13. The van der Waals surface area contributed by atoms with E-state index in [1.165, 1.54) is 16.9 Å². The number of thiophene rings is 1. The lowest BCUT2D eigenvalue weighted by atomic mass is 10.0. The molecule has 0 aliphatic carbocycles. The van der Waals surface area contributed by atoms with Gasteiger partial charge in [-0.3, -0.25) is 4.79 Å². The molecule has 1 heterocycles. The highest BCUT2D eigenvalue weighted by molar-refractivity contribution is 7.08. The predicted molar refractivity (Wildman–Crippen MR) is 106 cm³/mol. The topological polar surface area (TPSA) is 46.5 Å². The van der Waals surface area contributed by atoms with Crippen LogP contribution in [0.3, 0.4) is 0 Å². The first-order chi connectivity index (χ1) is 13.5. The number of ether oxygens (including phenoxy) is 1. The van der Waals surface area contributed by atoms with E-state index < -0.39 is 23.4 Å². The number of carboxylic acids is 1. The molecular weight excluding hydrogens is 382 g/mol. The second-order valence-electron chi connectivity index (χ2n) is 6.43. The molecule has 3 nitrogen and oxygen atoms in total. The molecule has 0 saturated heterocycles. The Hall–Kier alpha value is -2.73. The van der Waals surface area contributed by atoms with E-state index >= 15 is 0 Å². The molecule has 0 saturated carbocycles. The third kappa shape index (κ3) is 4.75. The Morgan fingerprint density at radius 1 is 1.07 bits per heavy atom. The van der Waals surface area contributed by atoms with E-state index in [2.05, 4.69) is 19.1 Å². The Morgan fingerprint density at radius 3 is 2.36 bits per heavy atom. The van der Waals surface area contributed by atoms with Crippen LogP contribution in [0, 0.1) is 11.6 Å². The van der Waals surface area contributed by atoms with Crippen LogP contribution in [0.15, 0.2) is 47.2 Å². The van der Waals surface area contributed by atoms with E-state index in [1.807, 2.05) is 22.9 Å². The van der Waals surface area contributed by atoms with Crippen molar-refractivity contribution in [1.82, 2.24) is 0 Å². The lowest BCUT2D eigenvalue weighted by Gasteiger charge is -2.11. The minimum absolute atomic E-state index is 0.0384. The first-order valence-electron chi connectivity index (χ1n) is 8.94. The van der Waals surface area contributed by atoms with Crippen LogP contribution in [0.4, 0.5) is 8.78 Å². The van der Waals surface area contributed by atoms with Crippen molar-refractivity contribution in [2.45, 2.75) is 32.8 Å². The molecule has 28 heavy (non-hydrogen) atoms. The lowest BCUT2D eigenvalue weighted by molar-refractivity contribution is -0.136. The maximum absolute atomic E-state index is 14.3. The molecule has 6 heteroatoms. The van der Waals surface area contributed by atoms with E-state index in [9.17, 15) is 13.6 Å². The third-order valence-electron chi connectivity index (χ3n) is 4.47. The smallest absolute Gasteiger partial charge is 0.303 e. The molecule has 0 radical (unpaired) electrons. The number of hydrogen-bond acceptors (Lipinski definition) is 3. The molecule has 3 rings (SSSR count). The fourth-order valence-electron chi connectivity index (χ4n) is 2.90. The molecule has 0 amide bonds. The normalized spacial score (nSPS) is 10.8. The lowest BCUT2D eigenvalue weighted by Crippen LogP contribution is -2.03. The molecule has 0 aliphatic heterocycles. The summed E-state index contributed by atoms with van der Waals surface area (Å²) in [6, 6.07) is 10.4. The largest absolute Gasteiger partial charge is 0.483 e. The zero-order valence-corrected chi connectivity index (χ0v) is 16.2. The van der Waals surface area contributed by atoms with Gasteiger partial charge in [0.05, 0.1) is 0 Å². The Morgan fingerprint density at radius 2 is 1.75 bits per heavy atom. The second-order valence-corrected chi connectivity index (χ2v) is 7.18. The molecule has 0 atom stereocenters. The Balaban J connectivity index is 1.74. The van der Waals surface area contributed by atoms with Crippen LogP contribution in [-0.2, 0) is 24.2 Å². The Bertz CT molecular complexity index is 941. The summed E-state index contributed by atoms with van der Waals surface area (Å²) in [6.07, 6.45) is 0.834. The van der Waals surface area contributed by atoms with Crippen molar-refractivity contribution in [2.75, 3.05) is 0 Å². The fourth-order valence-corrected chi connectivity index (χ4v) is 3.76. The Labute approximate surface area is 166 Å². The molecule has 0 fully saturated rings. The van der Waals surface area contributed by atoms with E-state index in [4.69, 9.17) is 9.84 Å². The summed E-state index contributed by atoms with van der Waals surface area (Å²) in [5.41, 5.74) is 4.39. The average molecular weight is 402 g/mol. The summed E-state index contributed by atoms with van der Waals surface area (Å²) < 4.78 is 34.0. The average Bonchev–Trinajstić information content (AvgIpc) is 3.14. The molecule has 2 aromatic carbocycles. The maximum atomic E-state index is 14.3. The van der Waals surface area contributed by atoms with Crippen molar-refractivity contribution >= 4 is 17.3 Å². The maximum Gasteiger partial charge on any atom is 0.303 e. The SMILES string of the molecule is CCc1ccc(-c2cscc2COc2c(F)cc(CCC(=O)O)cc2F)cc1. The van der Waals surface area contributed by atoms with Gasteiger partial charge in [-0.15, -0.1) is 0 Å². The quantitative estimate of drug-likeness (QED) is 0.514. The first-order valence-corrected chi connectivity index (χ1v) is 9.89. The molecule has 1 N–H and O–H groups in total. The molecule has 146 valence electrons. The second kappa shape index (κ2) is 8.97. The molecule has 1 aromatic heterocycles. The summed E-state index contributed by atoms with van der Waals surface area (Å²) in [7, 11) is 0. The molecular formula is C22H20F2O3S. The minimum atomic E-state index is -1.02. The van der Waals surface area contributed by atoms with Gasteiger partial charge in [0, 0.05) is 12.0 Å². The number of aryl methyl sites for hydroxylation is 2. The van der Waals surface area contributed by atoms with Crippen molar-refractivity contribution < 1.29 is 23.4 Å². The van der Waals surface area contributed by atoms with Crippen LogP contribution in [0.5, 0.6) is 5.75 Å². The first kappa shape index (κ1) is 20.0. The van der Waals surface area contributed by atoms with E-state index in [0.29, 0.717) is 0 Å². The van der Waals surface area contributed by atoms with Crippen LogP contribution in [0.2, 0.25) is 0 Å². The minimum Gasteiger partial charge on any atom is -0.483 e. The van der Waals surface area contributed by atoms with Crippen LogP contribution in [0.1, 0.15) is 30.0 Å². The van der Waals surface area contributed by atoms with Gasteiger partial charge < -0.3 is 9.84 Å². The highest BCUT2D eigenvalue weighted by atomic mass is 32.1. The van der Waals surface area contributed by atoms with Crippen LogP contribution < -0.4 is 4.74 Å². The van der Waals surface area contributed by atoms with Gasteiger partial charge in [0.2, 0.25) is 0 Å². The summed E-state index contributed by atoms with van der Waals surface area (Å²) in [5, 5.41) is 12.6. The molecule has 0 unspecified atom stereocenters. The molecule has 0 aliphatic rings. The van der Waals surface area contributed by atoms with E-state index in [0.717, 1.165) is 35.2 Å². The summed E-state index contributed by atoms with van der Waals surface area (Å²) in [5.74, 6) is -3.12. The van der Waals surface area contributed by atoms with Crippen LogP contribution in [0.25, 0.3) is 11.1 Å². The zero-order chi connectivity index (χ0) is 20.1. The van der Waals surface area contributed by atoms with Gasteiger partial charge in [0.15, 0.2) is 17.4 Å². The molecule has 0 spiro atoms. The molecule has 3 aromatic rings. The monoisotopic (exact) mass is 402 g/mol. The Kier molecular flexibility index (Phi) is 6.41. The van der Waals surface area contributed by atoms with Gasteiger partial charge in [-0.05, 0) is 58.0 Å². The predicted octanol–water partition coefficient (Wildman–Crippen LogP) is 5.85. The number of aliphatic carboxylic acids is 1. The van der Waals surface area contributed by atoms with Gasteiger partial charge in [0.25, 0.3) is 0 Å². The number of hydrogen-bond donors (Lipinski definition) is 1. The number of rotatable bonds is 8. The van der Waals surface area contributed by atoms with Crippen molar-refractivity contribution in [1.29, 1.82) is 0 Å². The van der Waals surface area contributed by atoms with Crippen molar-refractivity contribution in [3.8, 4) is 16.9 Å². The number of carboxylic acid groups (broad SMARTS) is 1. The number of halogens is 2. The number of benzene rings is 2. The summed E-state index contributed by atoms with van der Waals surface area (Å²) >= 11 is 1.50. The van der Waals surface area contributed by atoms with Gasteiger partial charge in [0.1, 0.15) is 6.61 Å². The van der Waals surface area contributed by atoms with Gasteiger partial charge in [-0.25, -0.2) is 8.78 Å². The fraction of sp³-hybridized carbons (Fsp3) is 0.227. The molecule has 0 bridgehead atoms. The van der Waals surface area contributed by atoms with Crippen molar-refractivity contribution in [3.63, 3.8) is 0 Å². The third-order valence-corrected chi connectivity index (χ3v) is 5.27. The van der Waals surface area contributed by atoms with Gasteiger partial charge in [-0.1, -0.05) is 31.2 Å². The highest BCUT2D eigenvalue weighted by Crippen LogP contribution is 2.30. The zero-order valence-electron chi connectivity index (χ0n) is 15.4. The van der Waals surface area contributed by atoms with Crippen LogP contribution >= 0.6 is 11.3 Å².